The highest BCUT2D eigenvalue weighted by atomic mass is 16.6. The maximum Gasteiger partial charge on any atom is 0.410 e. The van der Waals surface area contributed by atoms with Gasteiger partial charge in [-0.3, -0.25) is 4.90 Å². The van der Waals surface area contributed by atoms with Gasteiger partial charge in [-0.25, -0.2) is 14.4 Å². The largest absolute Gasteiger partial charge is 0.480 e. The zero-order valence-electron chi connectivity index (χ0n) is 19.6. The SMILES string of the molecule is O=C(O)[C@H]1CN(C(=O)OCC2c3ccccc3-c3ccccc32)CCN1C(=O)OCc1ccccc1. The Balaban J connectivity index is 1.21. The van der Waals surface area contributed by atoms with Crippen LogP contribution in [-0.4, -0.2) is 65.3 Å². The molecule has 0 saturated carbocycles. The van der Waals surface area contributed by atoms with E-state index in [9.17, 15) is 19.5 Å². The van der Waals surface area contributed by atoms with Crippen molar-refractivity contribution in [2.45, 2.75) is 18.6 Å². The third-order valence-corrected chi connectivity index (χ3v) is 6.70. The number of carboxylic acids is 1. The van der Waals surface area contributed by atoms with Crippen LogP contribution in [0.3, 0.4) is 0 Å². The molecule has 1 N–H and O–H groups in total. The predicted molar refractivity (Wildman–Crippen MR) is 131 cm³/mol. The maximum atomic E-state index is 12.9. The second-order valence-electron chi connectivity index (χ2n) is 8.84. The molecule has 0 unspecified atom stereocenters. The third kappa shape index (κ3) is 4.62. The number of carbonyl (C=O) groups excluding carboxylic acids is 2. The van der Waals surface area contributed by atoms with Gasteiger partial charge >= 0.3 is 18.2 Å². The molecule has 0 aromatic heterocycles. The first kappa shape index (κ1) is 23.4. The van der Waals surface area contributed by atoms with Gasteiger partial charge in [-0.05, 0) is 27.8 Å². The van der Waals surface area contributed by atoms with E-state index in [4.69, 9.17) is 9.47 Å². The van der Waals surface area contributed by atoms with Crippen molar-refractivity contribution in [1.29, 1.82) is 0 Å². The first-order valence-electron chi connectivity index (χ1n) is 11.8. The van der Waals surface area contributed by atoms with E-state index in [0.29, 0.717) is 0 Å². The number of aliphatic carboxylic acids is 1. The number of carboxylic acid groups (broad SMARTS) is 1. The first-order valence-corrected chi connectivity index (χ1v) is 11.8. The molecule has 2 aliphatic rings. The van der Waals surface area contributed by atoms with Crippen molar-refractivity contribution in [1.82, 2.24) is 9.80 Å². The summed E-state index contributed by atoms with van der Waals surface area (Å²) >= 11 is 0. The molecule has 5 rings (SSSR count). The van der Waals surface area contributed by atoms with Gasteiger partial charge in [0.05, 0.1) is 6.54 Å². The summed E-state index contributed by atoms with van der Waals surface area (Å²) in [4.78, 5) is 39.9. The fourth-order valence-corrected chi connectivity index (χ4v) is 4.87. The minimum absolute atomic E-state index is 0.0365. The van der Waals surface area contributed by atoms with Crippen LogP contribution in [0.5, 0.6) is 0 Å². The van der Waals surface area contributed by atoms with Crippen molar-refractivity contribution < 1.29 is 29.0 Å². The van der Waals surface area contributed by atoms with Crippen LogP contribution in [0.4, 0.5) is 9.59 Å². The van der Waals surface area contributed by atoms with Crippen molar-refractivity contribution >= 4 is 18.2 Å². The fourth-order valence-electron chi connectivity index (χ4n) is 4.87. The van der Waals surface area contributed by atoms with Gasteiger partial charge in [0.25, 0.3) is 0 Å². The standard InChI is InChI=1S/C28H26N2O6/c31-26(32)25-16-29(14-15-30(25)28(34)35-17-19-8-2-1-3-9-19)27(33)36-18-24-22-12-6-4-10-20(22)21-11-5-7-13-23(21)24/h1-13,24-25H,14-18H2,(H,31,32)/t25-/m1/s1. The minimum Gasteiger partial charge on any atom is -0.480 e. The summed E-state index contributed by atoms with van der Waals surface area (Å²) in [5, 5.41) is 9.74. The highest BCUT2D eigenvalue weighted by Crippen LogP contribution is 2.44. The number of carbonyl (C=O) groups is 3. The number of benzene rings is 3. The molecule has 3 aromatic carbocycles. The summed E-state index contributed by atoms with van der Waals surface area (Å²) in [6, 6.07) is 24.0. The Kier molecular flexibility index (Phi) is 6.58. The van der Waals surface area contributed by atoms with E-state index in [1.807, 2.05) is 66.7 Å². The summed E-state index contributed by atoms with van der Waals surface area (Å²) in [6.45, 7) is 0.199. The number of ether oxygens (including phenoxy) is 2. The van der Waals surface area contributed by atoms with Crippen LogP contribution in [0.2, 0.25) is 0 Å². The van der Waals surface area contributed by atoms with Crippen LogP contribution in [0.1, 0.15) is 22.6 Å². The lowest BCUT2D eigenvalue weighted by atomic mass is 9.98. The number of hydrogen-bond acceptors (Lipinski definition) is 5. The Hall–Kier alpha value is -4.33. The second kappa shape index (κ2) is 10.1. The summed E-state index contributed by atoms with van der Waals surface area (Å²) in [7, 11) is 0. The number of hydrogen-bond donors (Lipinski definition) is 1. The molecule has 1 heterocycles. The average Bonchev–Trinajstić information content (AvgIpc) is 3.24. The molecule has 1 saturated heterocycles. The van der Waals surface area contributed by atoms with Crippen molar-refractivity contribution in [3.8, 4) is 11.1 Å². The Labute approximate surface area is 208 Å². The molecular weight excluding hydrogens is 460 g/mol. The molecular formula is C28H26N2O6. The van der Waals surface area contributed by atoms with Crippen LogP contribution in [0.25, 0.3) is 11.1 Å². The number of nitrogens with zero attached hydrogens (tertiary/aromatic N) is 2. The highest BCUT2D eigenvalue weighted by Gasteiger charge is 2.39. The molecule has 8 nitrogen and oxygen atoms in total. The van der Waals surface area contributed by atoms with E-state index < -0.39 is 24.2 Å². The van der Waals surface area contributed by atoms with E-state index in [1.165, 1.54) is 4.90 Å². The molecule has 1 atom stereocenters. The van der Waals surface area contributed by atoms with Crippen LogP contribution < -0.4 is 0 Å². The van der Waals surface area contributed by atoms with Gasteiger partial charge in [0.15, 0.2) is 6.04 Å². The molecule has 2 amide bonds. The zero-order valence-corrected chi connectivity index (χ0v) is 19.6. The average molecular weight is 487 g/mol. The number of amides is 2. The molecule has 0 bridgehead atoms. The summed E-state index contributed by atoms with van der Waals surface area (Å²) in [5.74, 6) is -1.30. The Morgan fingerprint density at radius 2 is 1.39 bits per heavy atom. The predicted octanol–water partition coefficient (Wildman–Crippen LogP) is 4.34. The van der Waals surface area contributed by atoms with Crippen LogP contribution >= 0.6 is 0 Å². The van der Waals surface area contributed by atoms with Crippen LogP contribution in [0.15, 0.2) is 78.9 Å². The van der Waals surface area contributed by atoms with Crippen LogP contribution in [-0.2, 0) is 20.9 Å². The van der Waals surface area contributed by atoms with Crippen LogP contribution in [0, 0.1) is 0 Å². The van der Waals surface area contributed by atoms with E-state index in [1.54, 1.807) is 0 Å². The van der Waals surface area contributed by atoms with Gasteiger partial charge in [-0.2, -0.15) is 0 Å². The summed E-state index contributed by atoms with van der Waals surface area (Å²) in [6.07, 6.45) is -1.32. The van der Waals surface area contributed by atoms with Gasteiger partial charge in [-0.15, -0.1) is 0 Å². The van der Waals surface area contributed by atoms with Crippen molar-refractivity contribution in [2.24, 2.45) is 0 Å². The Bertz CT molecular complexity index is 1230. The highest BCUT2D eigenvalue weighted by molar-refractivity contribution is 5.82. The Morgan fingerprint density at radius 3 is 2.03 bits per heavy atom. The molecule has 8 heteroatoms. The quantitative estimate of drug-likeness (QED) is 0.576. The number of piperazine rings is 1. The van der Waals surface area contributed by atoms with Gasteiger partial charge in [0.2, 0.25) is 0 Å². The summed E-state index contributed by atoms with van der Waals surface area (Å²) < 4.78 is 11.0. The van der Waals surface area contributed by atoms with Crippen molar-refractivity contribution in [3.05, 3.63) is 95.6 Å². The lowest BCUT2D eigenvalue weighted by Crippen LogP contribution is -2.59. The van der Waals surface area contributed by atoms with E-state index in [0.717, 1.165) is 32.7 Å². The zero-order chi connectivity index (χ0) is 25.1. The van der Waals surface area contributed by atoms with Gasteiger partial charge in [-0.1, -0.05) is 78.9 Å². The van der Waals surface area contributed by atoms with Gasteiger partial charge in [0, 0.05) is 19.0 Å². The summed E-state index contributed by atoms with van der Waals surface area (Å²) in [5.41, 5.74) is 5.25. The van der Waals surface area contributed by atoms with E-state index in [2.05, 4.69) is 12.1 Å². The van der Waals surface area contributed by atoms with Gasteiger partial charge in [0.1, 0.15) is 13.2 Å². The van der Waals surface area contributed by atoms with E-state index in [-0.39, 0.29) is 38.8 Å². The Morgan fingerprint density at radius 1 is 0.778 bits per heavy atom. The topological polar surface area (TPSA) is 96.4 Å². The van der Waals surface area contributed by atoms with Gasteiger partial charge < -0.3 is 19.5 Å². The molecule has 1 aliphatic carbocycles. The lowest BCUT2D eigenvalue weighted by Gasteiger charge is -2.38. The molecule has 0 spiro atoms. The lowest BCUT2D eigenvalue weighted by molar-refractivity contribution is -0.144. The van der Waals surface area contributed by atoms with Crippen molar-refractivity contribution in [2.75, 3.05) is 26.2 Å². The fraction of sp³-hybridized carbons (Fsp3) is 0.250. The molecule has 3 aromatic rings. The normalized spacial score (nSPS) is 16.7. The first-order chi connectivity index (χ1) is 17.5. The van der Waals surface area contributed by atoms with Crippen molar-refractivity contribution in [3.63, 3.8) is 0 Å². The molecule has 36 heavy (non-hydrogen) atoms. The number of rotatable bonds is 5. The molecule has 1 fully saturated rings. The molecule has 0 radical (unpaired) electrons. The molecule has 1 aliphatic heterocycles. The molecule has 184 valence electrons. The monoisotopic (exact) mass is 486 g/mol. The smallest absolute Gasteiger partial charge is 0.410 e. The maximum absolute atomic E-state index is 12.9. The number of fused-ring (bicyclic) bond motifs is 3. The minimum atomic E-state index is -1.22. The third-order valence-electron chi connectivity index (χ3n) is 6.70. The second-order valence-corrected chi connectivity index (χ2v) is 8.84. The van der Waals surface area contributed by atoms with E-state index >= 15 is 0 Å².